The van der Waals surface area contributed by atoms with Crippen LogP contribution in [0.15, 0.2) is 24.3 Å². The number of rotatable bonds is 11. The topological polar surface area (TPSA) is 156 Å². The second-order valence-electron chi connectivity index (χ2n) is 5.54. The van der Waals surface area contributed by atoms with E-state index in [0.717, 1.165) is 44.9 Å². The first-order chi connectivity index (χ1) is 12.6. The van der Waals surface area contributed by atoms with Gasteiger partial charge in [0.1, 0.15) is 0 Å². The van der Waals surface area contributed by atoms with Crippen LogP contribution in [0.5, 0.6) is 0 Å². The van der Waals surface area contributed by atoms with Gasteiger partial charge in [-0.05, 0) is 46.0 Å². The van der Waals surface area contributed by atoms with Gasteiger partial charge in [0.05, 0.1) is 0 Å². The zero-order chi connectivity index (χ0) is 22.1. The molecule has 0 spiro atoms. The molecule has 0 unspecified atom stereocenters. The lowest BCUT2D eigenvalue weighted by Gasteiger charge is -1.93. The lowest BCUT2D eigenvalue weighted by molar-refractivity contribution is -0.133. The van der Waals surface area contributed by atoms with Crippen molar-refractivity contribution in [2.45, 2.75) is 58.8 Å². The Labute approximate surface area is 162 Å². The number of hydrogen-bond acceptors (Lipinski definition) is 6. The van der Waals surface area contributed by atoms with Gasteiger partial charge in [0, 0.05) is 37.6 Å². The zero-order valence-corrected chi connectivity index (χ0v) is 16.7. The normalized spacial score (nSPS) is 8.67. The van der Waals surface area contributed by atoms with Crippen molar-refractivity contribution in [3.8, 4) is 0 Å². The number of aliphatic hydroxyl groups is 4. The standard InChI is InChI=1S/C6H14O2.C5H12O2.2C4H6O2/c7-5-3-1-2-4-6-8;6-4-2-1-3-5-7;2*1-3(2)4(5)6/h7-8H,1-6H2;6-7H,1-5H2;2*1H2,2H3,(H,5,6). The van der Waals surface area contributed by atoms with Crippen molar-refractivity contribution in [2.75, 3.05) is 26.4 Å². The molecule has 0 aromatic heterocycles. The molecule has 0 atom stereocenters. The second kappa shape index (κ2) is 29.0. The summed E-state index contributed by atoms with van der Waals surface area (Å²) in [5, 5.41) is 48.8. The Morgan fingerprint density at radius 2 is 0.704 bits per heavy atom. The monoisotopic (exact) mass is 394 g/mol. The molecule has 0 aliphatic heterocycles. The molecule has 0 aliphatic rings. The van der Waals surface area contributed by atoms with Crippen LogP contribution in [-0.2, 0) is 9.59 Å². The van der Waals surface area contributed by atoms with Gasteiger partial charge >= 0.3 is 11.9 Å². The Kier molecular flexibility index (Phi) is 35.4. The zero-order valence-electron chi connectivity index (χ0n) is 16.7. The van der Waals surface area contributed by atoms with E-state index < -0.39 is 11.9 Å². The molecule has 0 amide bonds. The molecule has 0 saturated heterocycles. The summed E-state index contributed by atoms with van der Waals surface area (Å²) in [5.41, 5.74) is 0.352. The molecule has 0 heterocycles. The van der Waals surface area contributed by atoms with E-state index in [9.17, 15) is 9.59 Å². The van der Waals surface area contributed by atoms with Gasteiger partial charge in [-0.2, -0.15) is 0 Å². The van der Waals surface area contributed by atoms with Crippen LogP contribution in [0.3, 0.4) is 0 Å². The number of unbranched alkanes of at least 4 members (excludes halogenated alkanes) is 5. The summed E-state index contributed by atoms with van der Waals surface area (Å²) in [7, 11) is 0. The van der Waals surface area contributed by atoms with Crippen molar-refractivity contribution in [2.24, 2.45) is 0 Å². The summed E-state index contributed by atoms with van der Waals surface area (Å²) < 4.78 is 0. The quantitative estimate of drug-likeness (QED) is 0.229. The lowest BCUT2D eigenvalue weighted by Crippen LogP contribution is -1.92. The van der Waals surface area contributed by atoms with Crippen molar-refractivity contribution < 1.29 is 40.2 Å². The fourth-order valence-electron chi connectivity index (χ4n) is 0.978. The van der Waals surface area contributed by atoms with E-state index in [0.29, 0.717) is 0 Å². The van der Waals surface area contributed by atoms with Gasteiger partial charge in [-0.3, -0.25) is 0 Å². The highest BCUT2D eigenvalue weighted by Crippen LogP contribution is 1.96. The minimum Gasteiger partial charge on any atom is -0.478 e. The van der Waals surface area contributed by atoms with Crippen molar-refractivity contribution in [3.63, 3.8) is 0 Å². The van der Waals surface area contributed by atoms with Crippen LogP contribution < -0.4 is 0 Å². The highest BCUT2D eigenvalue weighted by atomic mass is 16.4. The molecular formula is C19H38O8. The van der Waals surface area contributed by atoms with E-state index >= 15 is 0 Å². The third-order valence-corrected chi connectivity index (χ3v) is 2.61. The molecule has 27 heavy (non-hydrogen) atoms. The molecular weight excluding hydrogens is 356 g/mol. The number of aliphatic carboxylic acids is 2. The summed E-state index contributed by atoms with van der Waals surface area (Å²) in [6, 6.07) is 0. The van der Waals surface area contributed by atoms with Crippen LogP contribution >= 0.6 is 0 Å². The average molecular weight is 395 g/mol. The summed E-state index contributed by atoms with van der Waals surface area (Å²) in [4.78, 5) is 19.2. The Bertz CT molecular complexity index is 309. The van der Waals surface area contributed by atoms with Gasteiger partial charge in [0.15, 0.2) is 0 Å². The number of carboxylic acids is 2. The predicted molar refractivity (Wildman–Crippen MR) is 106 cm³/mol. The van der Waals surface area contributed by atoms with E-state index in [-0.39, 0.29) is 37.6 Å². The molecule has 0 rings (SSSR count). The van der Waals surface area contributed by atoms with Crippen molar-refractivity contribution >= 4 is 11.9 Å². The molecule has 0 aromatic carbocycles. The largest absolute Gasteiger partial charge is 0.478 e. The van der Waals surface area contributed by atoms with Gasteiger partial charge in [-0.15, -0.1) is 0 Å². The van der Waals surface area contributed by atoms with Crippen molar-refractivity contribution in [1.29, 1.82) is 0 Å². The van der Waals surface area contributed by atoms with Gasteiger partial charge in [0.25, 0.3) is 0 Å². The Hall–Kier alpha value is -1.74. The second-order valence-corrected chi connectivity index (χ2v) is 5.54. The van der Waals surface area contributed by atoms with Gasteiger partial charge in [-0.1, -0.05) is 26.0 Å². The van der Waals surface area contributed by atoms with Crippen molar-refractivity contribution in [1.82, 2.24) is 0 Å². The number of hydrogen-bond donors (Lipinski definition) is 6. The molecule has 0 saturated carbocycles. The van der Waals surface area contributed by atoms with Gasteiger partial charge < -0.3 is 30.6 Å². The fraction of sp³-hybridized carbons (Fsp3) is 0.684. The maximum Gasteiger partial charge on any atom is 0.330 e. The maximum absolute atomic E-state index is 9.60. The number of carbonyl (C=O) groups is 2. The number of carboxylic acid groups (broad SMARTS) is 2. The van der Waals surface area contributed by atoms with E-state index in [4.69, 9.17) is 30.6 Å². The lowest BCUT2D eigenvalue weighted by atomic mass is 10.2. The highest BCUT2D eigenvalue weighted by Gasteiger charge is 1.90. The molecule has 6 N–H and O–H groups in total. The van der Waals surface area contributed by atoms with Crippen LogP contribution in [0, 0.1) is 0 Å². The van der Waals surface area contributed by atoms with Crippen LogP contribution in [0.25, 0.3) is 0 Å². The molecule has 0 aromatic rings. The summed E-state index contributed by atoms with van der Waals surface area (Å²) in [6.07, 6.45) is 6.40. The van der Waals surface area contributed by atoms with Gasteiger partial charge in [-0.25, -0.2) is 9.59 Å². The molecule has 8 nitrogen and oxygen atoms in total. The summed E-state index contributed by atoms with van der Waals surface area (Å²) in [6.45, 7) is 10.3. The maximum atomic E-state index is 9.60. The predicted octanol–water partition coefficient (Wildman–Crippen LogP) is 1.97. The fourth-order valence-corrected chi connectivity index (χ4v) is 0.978. The third-order valence-electron chi connectivity index (χ3n) is 2.61. The third kappa shape index (κ3) is 51.6. The smallest absolute Gasteiger partial charge is 0.330 e. The number of aliphatic hydroxyl groups excluding tert-OH is 4. The Morgan fingerprint density at radius 3 is 0.815 bits per heavy atom. The Balaban J connectivity index is -0.000000132. The highest BCUT2D eigenvalue weighted by molar-refractivity contribution is 5.85. The van der Waals surface area contributed by atoms with E-state index in [1.165, 1.54) is 13.8 Å². The average Bonchev–Trinajstić information content (AvgIpc) is 2.61. The first kappa shape index (κ1) is 32.9. The van der Waals surface area contributed by atoms with Crippen LogP contribution in [0.1, 0.15) is 58.8 Å². The SMILES string of the molecule is C=C(C)C(=O)O.C=C(C)C(=O)O.OCCCCCCO.OCCCCCO. The molecule has 0 aliphatic carbocycles. The summed E-state index contributed by atoms with van der Waals surface area (Å²) >= 11 is 0. The molecule has 0 radical (unpaired) electrons. The first-order valence-corrected chi connectivity index (χ1v) is 8.83. The van der Waals surface area contributed by atoms with Gasteiger partial charge in [0.2, 0.25) is 0 Å². The minimum absolute atomic E-state index is 0.176. The van der Waals surface area contributed by atoms with E-state index in [1.54, 1.807) is 0 Å². The van der Waals surface area contributed by atoms with Crippen LogP contribution in [0.2, 0.25) is 0 Å². The Morgan fingerprint density at radius 1 is 0.556 bits per heavy atom. The van der Waals surface area contributed by atoms with E-state index in [2.05, 4.69) is 13.2 Å². The van der Waals surface area contributed by atoms with Crippen LogP contribution in [0.4, 0.5) is 0 Å². The molecule has 0 bridgehead atoms. The molecule has 0 fully saturated rings. The first-order valence-electron chi connectivity index (χ1n) is 8.83. The minimum atomic E-state index is -0.935. The molecule has 162 valence electrons. The molecule has 8 heteroatoms. The van der Waals surface area contributed by atoms with Crippen LogP contribution in [-0.4, -0.2) is 69.0 Å². The summed E-state index contributed by atoms with van der Waals surface area (Å²) in [5.74, 6) is -1.87. The van der Waals surface area contributed by atoms with E-state index in [1.807, 2.05) is 0 Å². The van der Waals surface area contributed by atoms with Crippen molar-refractivity contribution in [3.05, 3.63) is 24.3 Å².